The van der Waals surface area contributed by atoms with Crippen molar-refractivity contribution in [2.24, 2.45) is 0 Å². The summed E-state index contributed by atoms with van der Waals surface area (Å²) in [5.74, 6) is -0.395. The van der Waals surface area contributed by atoms with E-state index in [1.54, 1.807) is 37.4 Å². The Morgan fingerprint density at radius 3 is 2.32 bits per heavy atom. The number of aryl methyl sites for hydroxylation is 1. The van der Waals surface area contributed by atoms with Crippen LogP contribution in [0.25, 0.3) is 6.08 Å². The minimum Gasteiger partial charge on any atom is -0.497 e. The first-order valence-corrected chi connectivity index (χ1v) is 10.7. The summed E-state index contributed by atoms with van der Waals surface area (Å²) in [6.45, 7) is 1.87. The first kappa shape index (κ1) is 21.0. The summed E-state index contributed by atoms with van der Waals surface area (Å²) in [6, 6.07) is 14.4. The van der Waals surface area contributed by atoms with Crippen LogP contribution in [0.3, 0.4) is 0 Å². The molecule has 1 aliphatic rings. The molecule has 0 unspecified atom stereocenters. The highest BCUT2D eigenvalue weighted by Gasteiger charge is 2.42. The lowest BCUT2D eigenvalue weighted by Gasteiger charge is -2.35. The van der Waals surface area contributed by atoms with Gasteiger partial charge in [-0.25, -0.2) is 4.90 Å². The van der Waals surface area contributed by atoms with Crippen molar-refractivity contribution in [1.82, 2.24) is 10.2 Å². The van der Waals surface area contributed by atoms with Crippen LogP contribution < -0.4 is 14.5 Å². The molecule has 31 heavy (non-hydrogen) atoms. The number of methoxy groups -OCH3 is 1. The summed E-state index contributed by atoms with van der Waals surface area (Å²) in [6.07, 6.45) is 1.54. The van der Waals surface area contributed by atoms with Gasteiger partial charge >= 0.3 is 0 Å². The molecule has 2 heterocycles. The average Bonchev–Trinajstić information content (AvgIpc) is 3.18. The van der Waals surface area contributed by atoms with E-state index >= 15 is 0 Å². The number of benzene rings is 2. The van der Waals surface area contributed by atoms with E-state index in [1.165, 1.54) is 15.9 Å². The SMILES string of the molecule is COc1ccc(/C=C2\C(=O)N(c3n[nH]c(=S)s3)C(=S)N(c3ccccc3C)C2=O)cc1. The van der Waals surface area contributed by atoms with E-state index in [4.69, 9.17) is 29.2 Å². The number of rotatable bonds is 4. The average molecular weight is 469 g/mol. The number of nitrogens with one attached hydrogen (secondary N) is 1. The number of anilines is 2. The van der Waals surface area contributed by atoms with Crippen molar-refractivity contribution < 1.29 is 14.3 Å². The lowest BCUT2D eigenvalue weighted by Crippen LogP contribution is -2.57. The van der Waals surface area contributed by atoms with Gasteiger partial charge in [0.1, 0.15) is 11.3 Å². The Morgan fingerprint density at radius 2 is 1.71 bits per heavy atom. The fourth-order valence-corrected chi connectivity index (χ4v) is 4.40. The van der Waals surface area contributed by atoms with Gasteiger partial charge < -0.3 is 4.74 Å². The van der Waals surface area contributed by atoms with Crippen molar-refractivity contribution >= 4 is 69.6 Å². The highest BCUT2D eigenvalue weighted by molar-refractivity contribution is 7.81. The highest BCUT2D eigenvalue weighted by atomic mass is 32.1. The molecule has 3 aromatic rings. The summed E-state index contributed by atoms with van der Waals surface area (Å²) in [4.78, 5) is 29.4. The Balaban J connectivity index is 1.87. The monoisotopic (exact) mass is 468 g/mol. The molecule has 0 bridgehead atoms. The fraction of sp³-hybridized carbons (Fsp3) is 0.0952. The predicted octanol–water partition coefficient (Wildman–Crippen LogP) is 4.27. The van der Waals surface area contributed by atoms with Crippen molar-refractivity contribution in [1.29, 1.82) is 0 Å². The zero-order valence-corrected chi connectivity index (χ0v) is 18.9. The molecule has 1 saturated heterocycles. The molecule has 10 heteroatoms. The van der Waals surface area contributed by atoms with Crippen molar-refractivity contribution in [2.45, 2.75) is 6.92 Å². The molecule has 2 aromatic carbocycles. The third-order valence-corrected chi connectivity index (χ3v) is 6.09. The minimum absolute atomic E-state index is 0.0222. The van der Waals surface area contributed by atoms with Gasteiger partial charge in [0.2, 0.25) is 5.13 Å². The molecule has 1 N–H and O–H groups in total. The van der Waals surface area contributed by atoms with E-state index in [0.717, 1.165) is 16.9 Å². The van der Waals surface area contributed by atoms with Gasteiger partial charge in [0.15, 0.2) is 9.07 Å². The summed E-state index contributed by atoms with van der Waals surface area (Å²) in [5, 5.41) is 7.05. The van der Waals surface area contributed by atoms with Crippen molar-refractivity contribution in [3.8, 4) is 5.75 Å². The summed E-state index contributed by atoms with van der Waals surface area (Å²) in [7, 11) is 1.57. The van der Waals surface area contributed by atoms with E-state index in [0.29, 0.717) is 21.0 Å². The molecule has 1 aliphatic heterocycles. The lowest BCUT2D eigenvalue weighted by molar-refractivity contribution is -0.120. The summed E-state index contributed by atoms with van der Waals surface area (Å²) >= 11 is 11.8. The van der Waals surface area contributed by atoms with Crippen LogP contribution in [0.15, 0.2) is 54.1 Å². The molecule has 0 saturated carbocycles. The van der Waals surface area contributed by atoms with Gasteiger partial charge in [0.25, 0.3) is 11.8 Å². The molecule has 2 amide bonds. The zero-order chi connectivity index (χ0) is 22.1. The van der Waals surface area contributed by atoms with E-state index in [-0.39, 0.29) is 15.8 Å². The molecule has 0 aliphatic carbocycles. The number of nitrogens with zero attached hydrogens (tertiary/aromatic N) is 3. The van der Waals surface area contributed by atoms with Crippen LogP contribution in [0.1, 0.15) is 11.1 Å². The number of ether oxygens (including phenoxy) is 1. The second-order valence-electron chi connectivity index (χ2n) is 6.58. The van der Waals surface area contributed by atoms with Crippen LogP contribution in [-0.4, -0.2) is 34.2 Å². The van der Waals surface area contributed by atoms with Gasteiger partial charge in [-0.3, -0.25) is 19.6 Å². The van der Waals surface area contributed by atoms with Crippen LogP contribution in [0.5, 0.6) is 5.75 Å². The molecule has 0 radical (unpaired) electrons. The third kappa shape index (κ3) is 3.92. The number of para-hydroxylation sites is 1. The van der Waals surface area contributed by atoms with Gasteiger partial charge in [0, 0.05) is 0 Å². The molecule has 0 spiro atoms. The summed E-state index contributed by atoms with van der Waals surface area (Å²) in [5.41, 5.74) is 2.06. The Morgan fingerprint density at radius 1 is 1.03 bits per heavy atom. The number of aromatic nitrogens is 2. The van der Waals surface area contributed by atoms with Crippen LogP contribution >= 0.6 is 35.8 Å². The number of aromatic amines is 1. The van der Waals surface area contributed by atoms with E-state index in [2.05, 4.69) is 10.2 Å². The number of H-pyrrole nitrogens is 1. The van der Waals surface area contributed by atoms with Gasteiger partial charge in [-0.15, -0.1) is 5.10 Å². The molecule has 0 atom stereocenters. The van der Waals surface area contributed by atoms with E-state index < -0.39 is 11.8 Å². The van der Waals surface area contributed by atoms with Gasteiger partial charge in [0.05, 0.1) is 12.8 Å². The van der Waals surface area contributed by atoms with Crippen molar-refractivity contribution in [3.63, 3.8) is 0 Å². The Hall–Kier alpha value is -3.21. The number of carbonyl (C=O) groups excluding carboxylic acids is 2. The largest absolute Gasteiger partial charge is 0.497 e. The lowest BCUT2D eigenvalue weighted by atomic mass is 10.0. The minimum atomic E-state index is -0.562. The van der Waals surface area contributed by atoms with Gasteiger partial charge in [-0.2, -0.15) is 0 Å². The van der Waals surface area contributed by atoms with Crippen molar-refractivity contribution in [2.75, 3.05) is 16.9 Å². The number of hydrogen-bond donors (Lipinski definition) is 1. The Labute approximate surface area is 192 Å². The van der Waals surface area contributed by atoms with Gasteiger partial charge in [-0.1, -0.05) is 41.7 Å². The fourth-order valence-electron chi connectivity index (χ4n) is 3.11. The van der Waals surface area contributed by atoms with Crippen LogP contribution in [-0.2, 0) is 9.59 Å². The first-order valence-electron chi connectivity index (χ1n) is 9.10. The van der Waals surface area contributed by atoms with E-state index in [9.17, 15) is 9.59 Å². The zero-order valence-electron chi connectivity index (χ0n) is 16.5. The van der Waals surface area contributed by atoms with Crippen LogP contribution in [0.2, 0.25) is 0 Å². The first-order chi connectivity index (χ1) is 14.9. The maximum absolute atomic E-state index is 13.5. The number of carbonyl (C=O) groups is 2. The topological polar surface area (TPSA) is 78.5 Å². The molecule has 156 valence electrons. The van der Waals surface area contributed by atoms with Crippen LogP contribution in [0, 0.1) is 10.9 Å². The Kier molecular flexibility index (Phi) is 5.77. The quantitative estimate of drug-likeness (QED) is 0.350. The molecular weight excluding hydrogens is 452 g/mol. The molecular formula is C21H16N4O3S3. The molecule has 7 nitrogen and oxygen atoms in total. The maximum Gasteiger partial charge on any atom is 0.272 e. The standard InChI is InChI=1S/C21H16N4O3S3/c1-12-5-3-4-6-16(12)24-17(26)15(11-13-7-9-14(28-2)10-8-13)18(27)25(21(24)30)19-22-23-20(29)31-19/h3-11H,1-2H3,(H,23,29)/b15-11-. The van der Waals surface area contributed by atoms with Gasteiger partial charge in [-0.05, 0) is 66.8 Å². The number of thiocarbonyl (C=S) groups is 1. The number of amides is 2. The maximum atomic E-state index is 13.5. The predicted molar refractivity (Wildman–Crippen MR) is 127 cm³/mol. The molecule has 1 fully saturated rings. The second-order valence-corrected chi connectivity index (χ2v) is 8.59. The summed E-state index contributed by atoms with van der Waals surface area (Å²) < 4.78 is 5.57. The normalized spacial score (nSPS) is 15.7. The highest BCUT2D eigenvalue weighted by Crippen LogP contribution is 2.32. The third-order valence-electron chi connectivity index (χ3n) is 4.65. The smallest absolute Gasteiger partial charge is 0.272 e. The number of hydrogen-bond acceptors (Lipinski definition) is 7. The van der Waals surface area contributed by atoms with E-state index in [1.807, 2.05) is 25.1 Å². The molecule has 1 aromatic heterocycles. The van der Waals surface area contributed by atoms with Crippen LogP contribution in [0.4, 0.5) is 10.8 Å². The Bertz CT molecular complexity index is 1280. The second kappa shape index (κ2) is 8.50. The van der Waals surface area contributed by atoms with Crippen molar-refractivity contribution in [3.05, 3.63) is 69.2 Å². The molecule has 4 rings (SSSR count).